The van der Waals surface area contributed by atoms with Crippen LogP contribution in [0.25, 0.3) is 11.3 Å². The molecule has 0 unspecified atom stereocenters. The Morgan fingerprint density at radius 3 is 2.87 bits per heavy atom. The van der Waals surface area contributed by atoms with Gasteiger partial charge in [-0.15, -0.1) is 0 Å². The van der Waals surface area contributed by atoms with E-state index in [-0.39, 0.29) is 24.0 Å². The Hall–Kier alpha value is -2.70. The van der Waals surface area contributed by atoms with Crippen LogP contribution in [-0.4, -0.2) is 35.2 Å². The summed E-state index contributed by atoms with van der Waals surface area (Å²) in [6.45, 7) is 1.91. The molecule has 5 nitrogen and oxygen atoms in total. The van der Waals surface area contributed by atoms with E-state index < -0.39 is 0 Å². The van der Waals surface area contributed by atoms with Crippen molar-refractivity contribution in [1.29, 1.82) is 0 Å². The molecule has 30 heavy (non-hydrogen) atoms. The number of nitrogens with two attached hydrogens (primary N) is 1. The summed E-state index contributed by atoms with van der Waals surface area (Å²) in [5, 5.41) is 3.77. The molecule has 2 aromatic carbocycles. The molecule has 0 spiro atoms. The van der Waals surface area contributed by atoms with Crippen molar-refractivity contribution in [3.05, 3.63) is 71.7 Å². The molecule has 2 heterocycles. The van der Waals surface area contributed by atoms with Crippen molar-refractivity contribution in [3.63, 3.8) is 0 Å². The summed E-state index contributed by atoms with van der Waals surface area (Å²) in [4.78, 5) is 2.48. The standard InChI is InChI=1S/C24H26FN3O2/c25-17-8-10-22(20(14-17)23-11-12-27-30-23)29-24-19-6-2-1-4-16(19)7-9-21(24)28-13-3-5-18(26)15-28/h1-2,4,6,8,10-12,14,18,21,24H,3,5,7,9,13,15,26H2/t18-,21-,24-/m0/s1. The molecule has 156 valence electrons. The highest BCUT2D eigenvalue weighted by atomic mass is 19.1. The third-order valence-electron chi connectivity index (χ3n) is 6.28. The molecule has 1 aliphatic heterocycles. The van der Waals surface area contributed by atoms with Crippen molar-refractivity contribution in [2.45, 2.75) is 43.9 Å². The third kappa shape index (κ3) is 3.73. The van der Waals surface area contributed by atoms with Gasteiger partial charge in [0.1, 0.15) is 17.7 Å². The normalized spacial score (nSPS) is 24.4. The Balaban J connectivity index is 1.53. The fourth-order valence-corrected chi connectivity index (χ4v) is 4.85. The Labute approximate surface area is 175 Å². The van der Waals surface area contributed by atoms with Crippen LogP contribution in [0.2, 0.25) is 0 Å². The number of benzene rings is 2. The van der Waals surface area contributed by atoms with Gasteiger partial charge in [0.15, 0.2) is 5.76 Å². The Morgan fingerprint density at radius 1 is 1.13 bits per heavy atom. The molecule has 6 heteroatoms. The molecule has 5 rings (SSSR count). The molecule has 0 radical (unpaired) electrons. The zero-order chi connectivity index (χ0) is 20.5. The predicted molar refractivity (Wildman–Crippen MR) is 113 cm³/mol. The number of hydrogen-bond donors (Lipinski definition) is 1. The van der Waals surface area contributed by atoms with Crippen LogP contribution >= 0.6 is 0 Å². The average Bonchev–Trinajstić information content (AvgIpc) is 3.30. The molecule has 1 aliphatic carbocycles. The lowest BCUT2D eigenvalue weighted by Gasteiger charge is -2.43. The van der Waals surface area contributed by atoms with E-state index in [0.717, 1.165) is 38.8 Å². The largest absolute Gasteiger partial charge is 0.483 e. The summed E-state index contributed by atoms with van der Waals surface area (Å²) >= 11 is 0. The van der Waals surface area contributed by atoms with Crippen molar-refractivity contribution in [3.8, 4) is 17.1 Å². The number of likely N-dealkylation sites (tertiary alicyclic amines) is 1. The van der Waals surface area contributed by atoms with Crippen molar-refractivity contribution in [2.24, 2.45) is 5.73 Å². The molecule has 1 fully saturated rings. The zero-order valence-electron chi connectivity index (χ0n) is 16.8. The highest BCUT2D eigenvalue weighted by Crippen LogP contribution is 2.40. The van der Waals surface area contributed by atoms with Gasteiger partial charge in [0.05, 0.1) is 17.8 Å². The molecule has 0 saturated carbocycles. The number of piperidine rings is 1. The number of rotatable bonds is 4. The van der Waals surface area contributed by atoms with Gasteiger partial charge in [-0.05, 0) is 61.6 Å². The minimum Gasteiger partial charge on any atom is -0.483 e. The van der Waals surface area contributed by atoms with Crippen LogP contribution in [0.1, 0.15) is 36.5 Å². The van der Waals surface area contributed by atoms with Crippen molar-refractivity contribution >= 4 is 0 Å². The van der Waals surface area contributed by atoms with Crippen molar-refractivity contribution in [1.82, 2.24) is 10.1 Å². The SMILES string of the molecule is N[C@H]1CCCN([C@H]2CCc3ccccc3[C@@H]2Oc2ccc(F)cc2-c2ccno2)C1. The van der Waals surface area contributed by atoms with Crippen molar-refractivity contribution < 1.29 is 13.7 Å². The second-order valence-corrected chi connectivity index (χ2v) is 8.26. The molecular formula is C24H26FN3O2. The summed E-state index contributed by atoms with van der Waals surface area (Å²) in [6, 6.07) is 15.1. The van der Waals surface area contributed by atoms with Crippen LogP contribution in [0.15, 0.2) is 59.3 Å². The van der Waals surface area contributed by atoms with Gasteiger partial charge < -0.3 is 15.0 Å². The number of aryl methyl sites for hydroxylation is 1. The van der Waals surface area contributed by atoms with Crippen LogP contribution in [0.5, 0.6) is 5.75 Å². The molecule has 3 atom stereocenters. The van der Waals surface area contributed by atoms with E-state index in [1.54, 1.807) is 18.3 Å². The van der Waals surface area contributed by atoms with Gasteiger partial charge in [0, 0.05) is 18.7 Å². The van der Waals surface area contributed by atoms with Gasteiger partial charge in [0.25, 0.3) is 0 Å². The maximum Gasteiger partial charge on any atom is 0.170 e. The van der Waals surface area contributed by atoms with E-state index >= 15 is 0 Å². The first-order valence-corrected chi connectivity index (χ1v) is 10.6. The van der Waals surface area contributed by atoms with Gasteiger partial charge in [0.2, 0.25) is 0 Å². The second kappa shape index (κ2) is 8.20. The van der Waals surface area contributed by atoms with E-state index in [4.69, 9.17) is 15.0 Å². The molecule has 1 aromatic heterocycles. The lowest BCUT2D eigenvalue weighted by atomic mass is 9.84. The Morgan fingerprint density at radius 2 is 2.03 bits per heavy atom. The lowest BCUT2D eigenvalue weighted by Crippen LogP contribution is -2.51. The molecule has 2 aliphatic rings. The minimum absolute atomic E-state index is 0.160. The van der Waals surface area contributed by atoms with Gasteiger partial charge in [-0.1, -0.05) is 29.4 Å². The molecule has 0 amide bonds. The van der Waals surface area contributed by atoms with Crippen LogP contribution in [0.3, 0.4) is 0 Å². The Bertz CT molecular complexity index is 1010. The maximum absolute atomic E-state index is 14.0. The predicted octanol–water partition coefficient (Wildman–Crippen LogP) is 4.34. The average molecular weight is 407 g/mol. The number of fused-ring (bicyclic) bond motifs is 1. The zero-order valence-corrected chi connectivity index (χ0v) is 16.8. The van der Waals surface area contributed by atoms with Gasteiger partial charge in [-0.2, -0.15) is 0 Å². The van der Waals surface area contributed by atoms with Crippen molar-refractivity contribution in [2.75, 3.05) is 13.1 Å². The molecule has 3 aromatic rings. The number of ether oxygens (including phenoxy) is 1. The molecule has 0 bridgehead atoms. The number of nitrogens with zero attached hydrogens (tertiary/aromatic N) is 2. The van der Waals surface area contributed by atoms with E-state index in [1.807, 2.05) is 0 Å². The summed E-state index contributed by atoms with van der Waals surface area (Å²) in [7, 11) is 0. The smallest absolute Gasteiger partial charge is 0.170 e. The summed E-state index contributed by atoms with van der Waals surface area (Å²) in [5.74, 6) is 0.752. The fraction of sp³-hybridized carbons (Fsp3) is 0.375. The highest BCUT2D eigenvalue weighted by molar-refractivity contribution is 5.65. The summed E-state index contributed by atoms with van der Waals surface area (Å²) < 4.78 is 26.0. The molecular weight excluding hydrogens is 381 g/mol. The van der Waals surface area contributed by atoms with E-state index in [0.29, 0.717) is 17.1 Å². The van der Waals surface area contributed by atoms with Crippen LogP contribution in [-0.2, 0) is 6.42 Å². The molecule has 1 saturated heterocycles. The number of halogens is 1. The minimum atomic E-state index is -0.337. The van der Waals surface area contributed by atoms with E-state index in [2.05, 4.69) is 34.3 Å². The van der Waals surface area contributed by atoms with E-state index in [9.17, 15) is 4.39 Å². The van der Waals surface area contributed by atoms with Gasteiger partial charge in [-0.25, -0.2) is 4.39 Å². The first-order chi connectivity index (χ1) is 14.7. The van der Waals surface area contributed by atoms with Crippen LogP contribution < -0.4 is 10.5 Å². The lowest BCUT2D eigenvalue weighted by molar-refractivity contribution is 0.0369. The third-order valence-corrected chi connectivity index (χ3v) is 6.28. The van der Waals surface area contributed by atoms with E-state index in [1.165, 1.54) is 23.3 Å². The highest BCUT2D eigenvalue weighted by Gasteiger charge is 2.37. The van der Waals surface area contributed by atoms with Crippen LogP contribution in [0.4, 0.5) is 4.39 Å². The maximum atomic E-state index is 14.0. The molecule has 2 N–H and O–H groups in total. The summed E-state index contributed by atoms with van der Waals surface area (Å²) in [6.07, 6.45) is 5.59. The first kappa shape index (κ1) is 19.3. The number of aromatic nitrogens is 1. The fourth-order valence-electron chi connectivity index (χ4n) is 4.85. The number of hydrogen-bond acceptors (Lipinski definition) is 5. The topological polar surface area (TPSA) is 64.5 Å². The quantitative estimate of drug-likeness (QED) is 0.697. The second-order valence-electron chi connectivity index (χ2n) is 8.26. The summed E-state index contributed by atoms with van der Waals surface area (Å²) in [5.41, 5.74) is 9.36. The monoisotopic (exact) mass is 407 g/mol. The van der Waals surface area contributed by atoms with Gasteiger partial charge in [-0.3, -0.25) is 4.90 Å². The van der Waals surface area contributed by atoms with Gasteiger partial charge >= 0.3 is 0 Å². The Kier molecular flexibility index (Phi) is 5.27. The first-order valence-electron chi connectivity index (χ1n) is 10.6. The van der Waals surface area contributed by atoms with Crippen LogP contribution in [0, 0.1) is 5.82 Å².